The molecule has 1 aromatic carbocycles. The predicted octanol–water partition coefficient (Wildman–Crippen LogP) is 3.18. The van der Waals surface area contributed by atoms with Crippen molar-refractivity contribution in [2.75, 3.05) is 36.5 Å². The zero-order valence-corrected chi connectivity index (χ0v) is 14.8. The van der Waals surface area contributed by atoms with Gasteiger partial charge in [-0.1, -0.05) is 12.1 Å². The number of rotatable bonds is 3. The minimum Gasteiger partial charge on any atom is -0.356 e. The van der Waals surface area contributed by atoms with Crippen molar-refractivity contribution in [2.24, 2.45) is 0 Å². The molecule has 0 aliphatic carbocycles. The van der Waals surface area contributed by atoms with Gasteiger partial charge >= 0.3 is 0 Å². The van der Waals surface area contributed by atoms with E-state index in [9.17, 15) is 0 Å². The Morgan fingerprint density at radius 3 is 2.56 bits per heavy atom. The van der Waals surface area contributed by atoms with Crippen LogP contribution in [0.5, 0.6) is 0 Å². The Morgan fingerprint density at radius 2 is 1.80 bits per heavy atom. The highest BCUT2D eigenvalue weighted by atomic mass is 16.7. The second-order valence-electron chi connectivity index (χ2n) is 6.80. The van der Waals surface area contributed by atoms with Crippen molar-refractivity contribution in [3.05, 3.63) is 41.7 Å². The van der Waals surface area contributed by atoms with Crippen LogP contribution in [0.15, 0.2) is 30.6 Å². The molecule has 6 heteroatoms. The number of aromatic nitrogens is 2. The van der Waals surface area contributed by atoms with Crippen molar-refractivity contribution in [1.29, 1.82) is 0 Å². The summed E-state index contributed by atoms with van der Waals surface area (Å²) in [5, 5.41) is 3.41. The van der Waals surface area contributed by atoms with Gasteiger partial charge in [-0.15, -0.1) is 0 Å². The molecule has 3 heterocycles. The van der Waals surface area contributed by atoms with Crippen LogP contribution in [0.25, 0.3) is 0 Å². The molecule has 2 aromatic rings. The van der Waals surface area contributed by atoms with Crippen molar-refractivity contribution in [2.45, 2.75) is 32.5 Å². The van der Waals surface area contributed by atoms with Crippen molar-refractivity contribution in [1.82, 2.24) is 9.97 Å². The first-order valence-corrected chi connectivity index (χ1v) is 8.83. The van der Waals surface area contributed by atoms with E-state index in [0.717, 1.165) is 43.3 Å². The molecule has 1 N–H and O–H groups in total. The van der Waals surface area contributed by atoms with Gasteiger partial charge in [0.15, 0.2) is 5.79 Å². The number of ether oxygens (including phenoxy) is 2. The summed E-state index contributed by atoms with van der Waals surface area (Å²) in [6, 6.07) is 8.38. The third-order valence-electron chi connectivity index (χ3n) is 4.97. The van der Waals surface area contributed by atoms with E-state index in [1.807, 2.05) is 6.07 Å². The molecule has 2 saturated heterocycles. The highest BCUT2D eigenvalue weighted by molar-refractivity contribution is 5.63. The van der Waals surface area contributed by atoms with Crippen LogP contribution in [-0.4, -0.2) is 42.1 Å². The number of benzene rings is 1. The van der Waals surface area contributed by atoms with Gasteiger partial charge in [-0.2, -0.15) is 0 Å². The molecule has 132 valence electrons. The van der Waals surface area contributed by atoms with Crippen LogP contribution in [-0.2, 0) is 9.47 Å². The molecular formula is C19H24N4O2. The lowest BCUT2D eigenvalue weighted by atomic mass is 10.0. The van der Waals surface area contributed by atoms with Crippen molar-refractivity contribution >= 4 is 17.3 Å². The Morgan fingerprint density at radius 1 is 1.04 bits per heavy atom. The van der Waals surface area contributed by atoms with Gasteiger partial charge in [-0.05, 0) is 31.0 Å². The molecule has 6 nitrogen and oxygen atoms in total. The zero-order valence-electron chi connectivity index (χ0n) is 14.8. The molecule has 2 aliphatic rings. The zero-order chi connectivity index (χ0) is 17.3. The van der Waals surface area contributed by atoms with E-state index in [1.165, 1.54) is 11.1 Å². The van der Waals surface area contributed by atoms with Gasteiger partial charge in [-0.3, -0.25) is 0 Å². The Hall–Kier alpha value is -2.18. The fourth-order valence-corrected chi connectivity index (χ4v) is 3.46. The SMILES string of the molecule is Cc1ccc(C)c(Nc2cc(N3CCC4(CC3)OCCO4)ncn2)c1. The Labute approximate surface area is 148 Å². The van der Waals surface area contributed by atoms with Crippen LogP contribution in [0.4, 0.5) is 17.3 Å². The topological polar surface area (TPSA) is 59.5 Å². The summed E-state index contributed by atoms with van der Waals surface area (Å²) in [5.41, 5.74) is 3.50. The fraction of sp³-hybridized carbons (Fsp3) is 0.474. The van der Waals surface area contributed by atoms with Gasteiger partial charge in [0.2, 0.25) is 0 Å². The van der Waals surface area contributed by atoms with E-state index in [0.29, 0.717) is 13.2 Å². The van der Waals surface area contributed by atoms with Crippen LogP contribution in [0.2, 0.25) is 0 Å². The number of nitrogens with zero attached hydrogens (tertiary/aromatic N) is 3. The summed E-state index contributed by atoms with van der Waals surface area (Å²) in [6.07, 6.45) is 3.36. The number of aryl methyl sites for hydroxylation is 2. The van der Waals surface area contributed by atoms with Crippen LogP contribution < -0.4 is 10.2 Å². The standard InChI is InChI=1S/C19H24N4O2/c1-14-3-4-15(2)16(11-14)22-17-12-18(21-13-20-17)23-7-5-19(6-8-23)24-9-10-25-19/h3-4,11-13H,5-10H2,1-2H3,(H,20,21,22). The summed E-state index contributed by atoms with van der Waals surface area (Å²) in [4.78, 5) is 11.1. The molecule has 1 spiro atoms. The van der Waals surface area contributed by atoms with Gasteiger partial charge < -0.3 is 19.7 Å². The Balaban J connectivity index is 1.47. The number of piperidine rings is 1. The van der Waals surface area contributed by atoms with E-state index in [-0.39, 0.29) is 5.79 Å². The molecule has 0 amide bonds. The van der Waals surface area contributed by atoms with Crippen molar-refractivity contribution in [3.63, 3.8) is 0 Å². The van der Waals surface area contributed by atoms with Crippen LogP contribution in [0.1, 0.15) is 24.0 Å². The van der Waals surface area contributed by atoms with Gasteiger partial charge in [0.25, 0.3) is 0 Å². The molecule has 4 rings (SSSR count). The molecule has 0 atom stereocenters. The van der Waals surface area contributed by atoms with Crippen LogP contribution >= 0.6 is 0 Å². The lowest BCUT2D eigenvalue weighted by Gasteiger charge is -2.38. The van der Waals surface area contributed by atoms with Crippen LogP contribution in [0, 0.1) is 13.8 Å². The van der Waals surface area contributed by atoms with E-state index in [2.05, 4.69) is 52.2 Å². The number of hydrogen-bond acceptors (Lipinski definition) is 6. The maximum absolute atomic E-state index is 5.80. The third-order valence-corrected chi connectivity index (χ3v) is 4.97. The lowest BCUT2D eigenvalue weighted by Crippen LogP contribution is -2.45. The van der Waals surface area contributed by atoms with E-state index >= 15 is 0 Å². The Kier molecular flexibility index (Phi) is 4.31. The first kappa shape index (κ1) is 16.3. The summed E-state index contributed by atoms with van der Waals surface area (Å²) in [7, 11) is 0. The minimum atomic E-state index is -0.358. The van der Waals surface area contributed by atoms with Gasteiger partial charge in [-0.25, -0.2) is 9.97 Å². The smallest absolute Gasteiger partial charge is 0.171 e. The Bertz CT molecular complexity index is 749. The van der Waals surface area contributed by atoms with E-state index in [4.69, 9.17) is 9.47 Å². The molecule has 0 unspecified atom stereocenters. The minimum absolute atomic E-state index is 0.358. The highest BCUT2D eigenvalue weighted by Crippen LogP contribution is 2.33. The fourth-order valence-electron chi connectivity index (χ4n) is 3.46. The predicted molar refractivity (Wildman–Crippen MR) is 97.3 cm³/mol. The summed E-state index contributed by atoms with van der Waals surface area (Å²) >= 11 is 0. The highest BCUT2D eigenvalue weighted by Gasteiger charge is 2.40. The summed E-state index contributed by atoms with van der Waals surface area (Å²) < 4.78 is 11.6. The van der Waals surface area contributed by atoms with Gasteiger partial charge in [0.1, 0.15) is 18.0 Å². The number of hydrogen-bond donors (Lipinski definition) is 1. The molecule has 2 fully saturated rings. The largest absolute Gasteiger partial charge is 0.356 e. The lowest BCUT2D eigenvalue weighted by molar-refractivity contribution is -0.169. The maximum Gasteiger partial charge on any atom is 0.171 e. The van der Waals surface area contributed by atoms with Crippen molar-refractivity contribution in [3.8, 4) is 0 Å². The molecule has 0 radical (unpaired) electrons. The number of nitrogens with one attached hydrogen (secondary N) is 1. The van der Waals surface area contributed by atoms with Crippen LogP contribution in [0.3, 0.4) is 0 Å². The average molecular weight is 340 g/mol. The van der Waals surface area contributed by atoms with Crippen molar-refractivity contribution < 1.29 is 9.47 Å². The van der Waals surface area contributed by atoms with E-state index in [1.54, 1.807) is 6.33 Å². The maximum atomic E-state index is 5.80. The number of anilines is 3. The monoisotopic (exact) mass is 340 g/mol. The average Bonchev–Trinajstić information content (AvgIpc) is 3.07. The molecule has 25 heavy (non-hydrogen) atoms. The molecular weight excluding hydrogens is 316 g/mol. The molecule has 0 bridgehead atoms. The second-order valence-corrected chi connectivity index (χ2v) is 6.80. The first-order valence-electron chi connectivity index (χ1n) is 8.83. The van der Waals surface area contributed by atoms with Gasteiger partial charge in [0, 0.05) is 37.7 Å². The van der Waals surface area contributed by atoms with Gasteiger partial charge in [0.05, 0.1) is 13.2 Å². The summed E-state index contributed by atoms with van der Waals surface area (Å²) in [5.74, 6) is 1.39. The third kappa shape index (κ3) is 3.45. The quantitative estimate of drug-likeness (QED) is 0.926. The molecule has 2 aliphatic heterocycles. The van der Waals surface area contributed by atoms with E-state index < -0.39 is 0 Å². The normalized spacial score (nSPS) is 19.4. The second kappa shape index (κ2) is 6.61. The molecule has 1 aromatic heterocycles. The molecule has 0 saturated carbocycles. The summed E-state index contributed by atoms with van der Waals surface area (Å²) in [6.45, 7) is 7.34. The first-order chi connectivity index (χ1) is 12.1.